The average Bonchev–Trinajstić information content (AvgIpc) is 2.69. The second-order valence-electron chi connectivity index (χ2n) is 6.08. The summed E-state index contributed by atoms with van der Waals surface area (Å²) in [5.41, 5.74) is 1.05. The lowest BCUT2D eigenvalue weighted by molar-refractivity contribution is -0.255. The molecule has 3 aromatic rings. The van der Waals surface area contributed by atoms with Crippen LogP contribution in [-0.4, -0.2) is 11.8 Å². The van der Waals surface area contributed by atoms with Crippen molar-refractivity contribution in [3.63, 3.8) is 0 Å². The molecule has 3 rings (SSSR count). The van der Waals surface area contributed by atoms with Crippen molar-refractivity contribution in [3.8, 4) is 0 Å². The zero-order valence-electron chi connectivity index (χ0n) is 14.6. The SMILES string of the molecule is O=C(C[C@@H](Sc1ccccc1C(=O)[O-])c1ccc(F)cc1)c1ccc(F)cc1. The van der Waals surface area contributed by atoms with Gasteiger partial charge < -0.3 is 9.90 Å². The lowest BCUT2D eigenvalue weighted by Crippen LogP contribution is -2.23. The van der Waals surface area contributed by atoms with Crippen molar-refractivity contribution in [1.82, 2.24) is 0 Å². The van der Waals surface area contributed by atoms with E-state index in [4.69, 9.17) is 0 Å². The molecule has 0 saturated carbocycles. The minimum absolute atomic E-state index is 0.0221. The standard InChI is InChI=1S/C22H16F2O3S/c23-16-9-5-14(6-10-16)19(25)13-21(15-7-11-17(24)12-8-15)28-20-4-2-1-3-18(20)22(26)27/h1-12,21H,13H2,(H,26,27)/p-1/t21-/m1/s1. The van der Waals surface area contributed by atoms with Crippen molar-refractivity contribution < 1.29 is 23.5 Å². The quantitative estimate of drug-likeness (QED) is 0.437. The highest BCUT2D eigenvalue weighted by Gasteiger charge is 2.20. The summed E-state index contributed by atoms with van der Waals surface area (Å²) >= 11 is 1.19. The molecule has 3 nitrogen and oxygen atoms in total. The monoisotopic (exact) mass is 397 g/mol. The summed E-state index contributed by atoms with van der Waals surface area (Å²) in [5, 5.41) is 10.9. The molecule has 0 aliphatic carbocycles. The maximum Gasteiger partial charge on any atom is 0.164 e. The maximum atomic E-state index is 13.3. The number of aromatic carboxylic acids is 1. The van der Waals surface area contributed by atoms with E-state index < -0.39 is 22.9 Å². The number of thioether (sulfide) groups is 1. The minimum Gasteiger partial charge on any atom is -0.545 e. The predicted molar refractivity (Wildman–Crippen MR) is 101 cm³/mol. The summed E-state index contributed by atoms with van der Waals surface area (Å²) in [7, 11) is 0. The van der Waals surface area contributed by atoms with E-state index in [1.54, 1.807) is 30.3 Å². The van der Waals surface area contributed by atoms with Gasteiger partial charge in [0.2, 0.25) is 0 Å². The van der Waals surface area contributed by atoms with Crippen molar-refractivity contribution in [1.29, 1.82) is 0 Å². The van der Waals surface area contributed by atoms with Crippen LogP contribution in [0.2, 0.25) is 0 Å². The highest BCUT2D eigenvalue weighted by molar-refractivity contribution is 7.99. The fourth-order valence-corrected chi connectivity index (χ4v) is 3.99. The predicted octanol–water partition coefficient (Wildman–Crippen LogP) is 4.43. The molecule has 0 aromatic heterocycles. The van der Waals surface area contributed by atoms with Crippen LogP contribution in [0.3, 0.4) is 0 Å². The van der Waals surface area contributed by atoms with Gasteiger partial charge in [-0.1, -0.05) is 30.3 Å². The molecule has 1 atom stereocenters. The number of rotatable bonds is 7. The molecule has 0 spiro atoms. The zero-order chi connectivity index (χ0) is 20.1. The Morgan fingerprint density at radius 3 is 2.04 bits per heavy atom. The highest BCUT2D eigenvalue weighted by atomic mass is 32.2. The van der Waals surface area contributed by atoms with Crippen molar-refractivity contribution in [2.24, 2.45) is 0 Å². The number of benzene rings is 3. The molecule has 0 unspecified atom stereocenters. The summed E-state index contributed by atoms with van der Waals surface area (Å²) in [6.07, 6.45) is 0.0311. The zero-order valence-corrected chi connectivity index (χ0v) is 15.4. The van der Waals surface area contributed by atoms with Crippen molar-refractivity contribution in [2.75, 3.05) is 0 Å². The summed E-state index contributed by atoms with van der Waals surface area (Å²) < 4.78 is 26.4. The Morgan fingerprint density at radius 2 is 1.43 bits per heavy atom. The third kappa shape index (κ3) is 4.84. The van der Waals surface area contributed by atoms with Gasteiger partial charge in [0.25, 0.3) is 0 Å². The van der Waals surface area contributed by atoms with E-state index in [1.807, 2.05) is 0 Å². The highest BCUT2D eigenvalue weighted by Crippen LogP contribution is 2.40. The van der Waals surface area contributed by atoms with Gasteiger partial charge in [0.1, 0.15) is 11.6 Å². The minimum atomic E-state index is -1.31. The molecular formula is C22H15F2O3S-. The van der Waals surface area contributed by atoms with Gasteiger partial charge in [0, 0.05) is 27.7 Å². The Labute approximate surface area is 165 Å². The Morgan fingerprint density at radius 1 is 0.857 bits per heavy atom. The Kier molecular flexibility index (Phi) is 6.21. The Hall–Kier alpha value is -2.99. The number of carboxylic acids is 1. The first-order valence-electron chi connectivity index (χ1n) is 8.45. The molecule has 0 radical (unpaired) electrons. The van der Waals surface area contributed by atoms with Crippen molar-refractivity contribution >= 4 is 23.5 Å². The van der Waals surface area contributed by atoms with Gasteiger partial charge in [-0.3, -0.25) is 4.79 Å². The maximum absolute atomic E-state index is 13.3. The second-order valence-corrected chi connectivity index (χ2v) is 7.32. The Balaban J connectivity index is 1.91. The lowest BCUT2D eigenvalue weighted by atomic mass is 10.0. The molecule has 0 amide bonds. The number of hydrogen-bond acceptors (Lipinski definition) is 4. The van der Waals surface area contributed by atoms with E-state index in [0.29, 0.717) is 16.0 Å². The largest absolute Gasteiger partial charge is 0.545 e. The summed E-state index contributed by atoms with van der Waals surface area (Å²) in [5.74, 6) is -2.39. The third-order valence-electron chi connectivity index (χ3n) is 4.15. The molecule has 0 N–H and O–H groups in total. The molecule has 0 bridgehead atoms. The van der Waals surface area contributed by atoms with Crippen molar-refractivity contribution in [2.45, 2.75) is 16.6 Å². The molecule has 3 aromatic carbocycles. The molecular weight excluding hydrogens is 382 g/mol. The fraction of sp³-hybridized carbons (Fsp3) is 0.0909. The summed E-state index contributed by atoms with van der Waals surface area (Å²) in [6.45, 7) is 0. The van der Waals surface area contributed by atoms with Gasteiger partial charge in [-0.25, -0.2) is 8.78 Å². The van der Waals surface area contributed by atoms with E-state index in [-0.39, 0.29) is 17.8 Å². The van der Waals surface area contributed by atoms with Crippen LogP contribution in [0, 0.1) is 11.6 Å². The first-order chi connectivity index (χ1) is 13.4. The van der Waals surface area contributed by atoms with Gasteiger partial charge in [0.05, 0.1) is 5.97 Å². The molecule has 6 heteroatoms. The molecule has 28 heavy (non-hydrogen) atoms. The smallest absolute Gasteiger partial charge is 0.164 e. The third-order valence-corrected chi connectivity index (χ3v) is 5.49. The number of carbonyl (C=O) groups excluding carboxylic acids is 2. The topological polar surface area (TPSA) is 57.2 Å². The molecule has 0 fully saturated rings. The van der Waals surface area contributed by atoms with E-state index in [0.717, 1.165) is 0 Å². The van der Waals surface area contributed by atoms with Crippen LogP contribution in [0.25, 0.3) is 0 Å². The Bertz CT molecular complexity index is 985. The molecule has 0 heterocycles. The van der Waals surface area contributed by atoms with Crippen molar-refractivity contribution in [3.05, 3.63) is 101 Å². The molecule has 0 aliphatic rings. The number of carboxylic acid groups (broad SMARTS) is 1. The normalized spacial score (nSPS) is 11.8. The van der Waals surface area contributed by atoms with Gasteiger partial charge in [0.15, 0.2) is 5.78 Å². The van der Waals surface area contributed by atoms with Gasteiger partial charge in [-0.2, -0.15) is 0 Å². The summed E-state index contributed by atoms with van der Waals surface area (Å²) in [6, 6.07) is 17.3. The van der Waals surface area contributed by atoms with Crippen LogP contribution in [0.4, 0.5) is 8.78 Å². The molecule has 0 saturated heterocycles. The van der Waals surface area contributed by atoms with Crippen LogP contribution >= 0.6 is 11.8 Å². The summed E-state index contributed by atoms with van der Waals surface area (Å²) in [4.78, 5) is 24.5. The van der Waals surface area contributed by atoms with E-state index >= 15 is 0 Å². The second kappa shape index (κ2) is 8.80. The van der Waals surface area contributed by atoms with Crippen LogP contribution in [0.5, 0.6) is 0 Å². The van der Waals surface area contributed by atoms with Crippen LogP contribution in [0.15, 0.2) is 77.7 Å². The van der Waals surface area contributed by atoms with Crippen LogP contribution in [-0.2, 0) is 0 Å². The fourth-order valence-electron chi connectivity index (χ4n) is 2.72. The van der Waals surface area contributed by atoms with Crippen LogP contribution < -0.4 is 5.11 Å². The van der Waals surface area contributed by atoms with Gasteiger partial charge in [-0.05, 0) is 48.0 Å². The van der Waals surface area contributed by atoms with E-state index in [1.165, 1.54) is 54.2 Å². The molecule has 0 aliphatic heterocycles. The first kappa shape index (κ1) is 19.8. The van der Waals surface area contributed by atoms with E-state index in [9.17, 15) is 23.5 Å². The number of Topliss-reactive ketones (excluding diaryl/α,β-unsaturated/α-hetero) is 1. The average molecular weight is 397 g/mol. The van der Waals surface area contributed by atoms with E-state index in [2.05, 4.69) is 0 Å². The number of carbonyl (C=O) groups is 2. The first-order valence-corrected chi connectivity index (χ1v) is 9.33. The van der Waals surface area contributed by atoms with Gasteiger partial charge in [-0.15, -0.1) is 11.8 Å². The lowest BCUT2D eigenvalue weighted by Gasteiger charge is -2.19. The number of ketones is 1. The molecule has 142 valence electrons. The number of hydrogen-bond donors (Lipinski definition) is 0. The number of halogens is 2. The van der Waals surface area contributed by atoms with Gasteiger partial charge >= 0.3 is 0 Å². The van der Waals surface area contributed by atoms with Crippen LogP contribution in [0.1, 0.15) is 38.0 Å².